The Morgan fingerprint density at radius 2 is 1.11 bits per heavy atom. The maximum atomic E-state index is 13.7. The summed E-state index contributed by atoms with van der Waals surface area (Å²) in [4.78, 5) is 24.8. The van der Waals surface area contributed by atoms with Crippen molar-refractivity contribution in [3.63, 3.8) is 0 Å². The van der Waals surface area contributed by atoms with E-state index in [1.165, 1.54) is 24.3 Å². The number of carbonyl (C=O) groups is 1. The van der Waals surface area contributed by atoms with E-state index in [-0.39, 0.29) is 29.5 Å². The highest BCUT2D eigenvalue weighted by molar-refractivity contribution is 6.69. The average Bonchev–Trinajstić information content (AvgIpc) is 3.16. The molecule has 0 aliphatic carbocycles. The molecule has 0 saturated carbocycles. The van der Waals surface area contributed by atoms with Crippen LogP contribution in [0.5, 0.6) is 5.75 Å². The quantitative estimate of drug-likeness (QED) is 0.0474. The second-order valence-electron chi connectivity index (χ2n) is 13.9. The number of aliphatic hydroxyl groups is 1. The second-order valence-corrected chi connectivity index (χ2v) is 18.0. The van der Waals surface area contributed by atoms with Crippen LogP contribution in [0.1, 0.15) is 42.5 Å². The number of β-lactam (4-membered cyclic amide) rings is 1. The number of rotatable bonds is 29. The molecule has 304 valence electrons. The number of aliphatic hydroxyl groups excluding tert-OH is 1. The fourth-order valence-electron chi connectivity index (χ4n) is 6.08. The lowest BCUT2D eigenvalue weighted by molar-refractivity contribution is -0.131. The summed E-state index contributed by atoms with van der Waals surface area (Å²) < 4.78 is 66.0. The van der Waals surface area contributed by atoms with Gasteiger partial charge < -0.3 is 48.0 Å². The summed E-state index contributed by atoms with van der Waals surface area (Å²) in [6.45, 7) is 10.0. The number of carbonyl (C=O) groups excluding carboxylic acids is 1. The minimum atomic E-state index is -1.98. The minimum absolute atomic E-state index is 0.102. The van der Waals surface area contributed by atoms with Crippen molar-refractivity contribution in [1.29, 1.82) is 0 Å². The number of ether oxygens (including phenoxy) is 7. The fraction of sp³-hybridized carbons (Fsp3) is 0.537. The number of benzene rings is 3. The number of nitrogens with zero attached hydrogens (tertiary/aromatic N) is 1. The second kappa shape index (κ2) is 24.4. The molecule has 0 bridgehead atoms. The van der Waals surface area contributed by atoms with E-state index >= 15 is 0 Å². The van der Waals surface area contributed by atoms with Gasteiger partial charge in [-0.05, 0) is 98.1 Å². The Bertz CT molecular complexity index is 1490. The van der Waals surface area contributed by atoms with Crippen molar-refractivity contribution in [2.45, 2.75) is 50.5 Å². The van der Waals surface area contributed by atoms with Gasteiger partial charge in [0.05, 0.1) is 90.7 Å². The van der Waals surface area contributed by atoms with Crippen LogP contribution in [0.4, 0.5) is 14.5 Å². The molecule has 1 heterocycles. The van der Waals surface area contributed by atoms with Gasteiger partial charge in [0.15, 0.2) is 8.32 Å². The third-order valence-corrected chi connectivity index (χ3v) is 10.6. The molecule has 55 heavy (non-hydrogen) atoms. The fourth-order valence-corrected chi connectivity index (χ4v) is 7.09. The van der Waals surface area contributed by atoms with Gasteiger partial charge in [-0.2, -0.15) is 0 Å². The molecule has 0 radical (unpaired) electrons. The third kappa shape index (κ3) is 16.4. The van der Waals surface area contributed by atoms with Crippen molar-refractivity contribution in [2.75, 3.05) is 90.8 Å². The molecule has 1 aliphatic rings. The van der Waals surface area contributed by atoms with E-state index in [0.29, 0.717) is 116 Å². The van der Waals surface area contributed by atoms with Crippen molar-refractivity contribution in [3.8, 4) is 5.75 Å². The zero-order valence-corrected chi connectivity index (χ0v) is 33.0. The van der Waals surface area contributed by atoms with Gasteiger partial charge >= 0.3 is 0 Å². The molecule has 4 rings (SSSR count). The van der Waals surface area contributed by atoms with Crippen molar-refractivity contribution in [3.05, 3.63) is 95.6 Å². The summed E-state index contributed by atoms with van der Waals surface area (Å²) in [7, 11) is -1.98. The molecular weight excluding hydrogens is 733 g/mol. The van der Waals surface area contributed by atoms with Gasteiger partial charge in [0, 0.05) is 12.3 Å². The molecule has 0 spiro atoms. The molecule has 3 aromatic carbocycles. The lowest BCUT2D eigenvalue weighted by Gasteiger charge is -2.48. The molecule has 0 unspecified atom stereocenters. The van der Waals surface area contributed by atoms with Crippen LogP contribution in [0.15, 0.2) is 72.8 Å². The average molecular weight is 790 g/mol. The van der Waals surface area contributed by atoms with Crippen molar-refractivity contribution in [2.24, 2.45) is 5.92 Å². The first-order chi connectivity index (χ1) is 26.6. The monoisotopic (exact) mass is 789 g/mol. The first-order valence-electron chi connectivity index (χ1n) is 19.1. The molecule has 1 amide bonds. The predicted octanol–water partition coefficient (Wildman–Crippen LogP) is 6.25. The highest BCUT2D eigenvalue weighted by atomic mass is 28.4. The molecular formula is C41H57F2NO10Si. The molecule has 0 aromatic heterocycles. The molecule has 2 N–H and O–H groups in total. The summed E-state index contributed by atoms with van der Waals surface area (Å²) in [5.41, 5.74) is 2.08. The van der Waals surface area contributed by atoms with Gasteiger partial charge in [-0.15, -0.1) is 0 Å². The van der Waals surface area contributed by atoms with Gasteiger partial charge in [-0.3, -0.25) is 4.79 Å². The van der Waals surface area contributed by atoms with Crippen molar-refractivity contribution >= 4 is 19.9 Å². The van der Waals surface area contributed by atoms with Crippen LogP contribution in [-0.2, 0) is 33.2 Å². The molecule has 3 aromatic rings. The molecule has 1 aliphatic heterocycles. The largest absolute Gasteiger partial charge is 0.491 e. The topological polar surface area (TPSA) is 125 Å². The van der Waals surface area contributed by atoms with E-state index in [4.69, 9.17) is 33.2 Å². The lowest BCUT2D eigenvalue weighted by Crippen LogP contribution is -2.55. The Balaban J connectivity index is 1.03. The van der Waals surface area contributed by atoms with Crippen LogP contribution in [0.25, 0.3) is 0 Å². The van der Waals surface area contributed by atoms with Gasteiger partial charge in [0.2, 0.25) is 5.91 Å². The smallest absolute Gasteiger partial charge is 0.233 e. The SMILES string of the molecule is C[Si](C)(O)CCCOCCOCCOCCOCCOCCOCCOc1ccc([C@@H]2[C@@H](CC[C@H](O)c3ccc(F)cc3)C(=O)N2c2ccc(F)cc2)cc1. The summed E-state index contributed by atoms with van der Waals surface area (Å²) in [5.74, 6) is -0.605. The third-order valence-electron chi connectivity index (χ3n) is 8.98. The minimum Gasteiger partial charge on any atom is -0.491 e. The maximum Gasteiger partial charge on any atom is 0.233 e. The number of hydrogen-bond donors (Lipinski definition) is 2. The summed E-state index contributed by atoms with van der Waals surface area (Å²) >= 11 is 0. The first kappa shape index (κ1) is 44.4. The van der Waals surface area contributed by atoms with Crippen LogP contribution in [0, 0.1) is 17.6 Å². The van der Waals surface area contributed by atoms with Crippen LogP contribution >= 0.6 is 0 Å². The van der Waals surface area contributed by atoms with Crippen LogP contribution in [0.3, 0.4) is 0 Å². The Kier molecular flexibility index (Phi) is 19.7. The Morgan fingerprint density at radius 1 is 0.655 bits per heavy atom. The lowest BCUT2D eigenvalue weighted by atomic mass is 9.78. The molecule has 1 fully saturated rings. The van der Waals surface area contributed by atoms with E-state index in [1.807, 2.05) is 37.4 Å². The van der Waals surface area contributed by atoms with Crippen LogP contribution < -0.4 is 9.64 Å². The molecule has 1 saturated heterocycles. The highest BCUT2D eigenvalue weighted by Gasteiger charge is 2.48. The van der Waals surface area contributed by atoms with E-state index in [9.17, 15) is 23.5 Å². The number of amides is 1. The molecule has 3 atom stereocenters. The van der Waals surface area contributed by atoms with Crippen LogP contribution in [0.2, 0.25) is 19.1 Å². The van der Waals surface area contributed by atoms with Gasteiger partial charge in [0.1, 0.15) is 24.0 Å². The Hall–Kier alpha value is -3.31. The van der Waals surface area contributed by atoms with E-state index < -0.39 is 14.4 Å². The number of anilines is 1. The van der Waals surface area contributed by atoms with Gasteiger partial charge in [-0.1, -0.05) is 24.3 Å². The van der Waals surface area contributed by atoms with E-state index in [1.54, 1.807) is 29.2 Å². The van der Waals surface area contributed by atoms with E-state index in [2.05, 4.69) is 0 Å². The highest BCUT2D eigenvalue weighted by Crippen LogP contribution is 2.46. The Morgan fingerprint density at radius 3 is 1.60 bits per heavy atom. The normalized spacial score (nSPS) is 16.3. The summed E-state index contributed by atoms with van der Waals surface area (Å²) in [6, 6.07) is 19.6. The van der Waals surface area contributed by atoms with Gasteiger partial charge in [-0.25, -0.2) is 8.78 Å². The van der Waals surface area contributed by atoms with E-state index in [0.717, 1.165) is 18.0 Å². The predicted molar refractivity (Wildman–Crippen MR) is 207 cm³/mol. The van der Waals surface area contributed by atoms with Crippen molar-refractivity contribution < 1.29 is 56.6 Å². The van der Waals surface area contributed by atoms with Gasteiger partial charge in [0.25, 0.3) is 0 Å². The zero-order chi connectivity index (χ0) is 39.3. The molecule has 11 nitrogen and oxygen atoms in total. The summed E-state index contributed by atoms with van der Waals surface area (Å²) in [5, 5.41) is 10.7. The molecule has 14 heteroatoms. The maximum absolute atomic E-state index is 13.7. The number of hydrogen-bond acceptors (Lipinski definition) is 10. The standard InChI is InChI=1S/C41H57F2NO10Si/c1-55(2,47)31-3-18-48-19-20-49-21-22-50-23-24-51-25-26-52-27-28-53-29-30-54-37-14-6-33(7-15-37)40-38(16-17-39(45)32-4-8-34(42)9-5-32)41(46)44(40)36-12-10-35(43)11-13-36/h4-15,38-40,45,47H,3,16-31H2,1-2H3/t38-,39+,40-/m1/s1. The first-order valence-corrected chi connectivity index (χ1v) is 22.2. The van der Waals surface area contributed by atoms with Crippen molar-refractivity contribution in [1.82, 2.24) is 0 Å². The van der Waals surface area contributed by atoms with Crippen LogP contribution in [-0.4, -0.2) is 110 Å². The summed E-state index contributed by atoms with van der Waals surface area (Å²) in [6.07, 6.45) is 0.793. The Labute approximate surface area is 324 Å². The zero-order valence-electron chi connectivity index (χ0n) is 32.0. The number of halogens is 2.